The summed E-state index contributed by atoms with van der Waals surface area (Å²) in [5, 5.41) is 3.08. The molecule has 3 amide bonds. The van der Waals surface area contributed by atoms with E-state index in [1.165, 1.54) is 24.0 Å². The predicted molar refractivity (Wildman–Crippen MR) is 127 cm³/mol. The molecule has 0 aliphatic carbocycles. The van der Waals surface area contributed by atoms with Crippen LogP contribution in [0, 0.1) is 0 Å². The largest absolute Gasteiger partial charge is 0.435 e. The molecule has 1 fully saturated rings. The number of alkyl halides is 2. The van der Waals surface area contributed by atoms with Gasteiger partial charge in [0.15, 0.2) is 0 Å². The number of nitrogens with one attached hydrogen (secondary N) is 1. The quantitative estimate of drug-likeness (QED) is 0.682. The summed E-state index contributed by atoms with van der Waals surface area (Å²) in [6.45, 7) is 5.12. The van der Waals surface area contributed by atoms with Crippen LogP contribution < -0.4 is 15.0 Å². The van der Waals surface area contributed by atoms with Gasteiger partial charge in [0.2, 0.25) is 11.8 Å². The second kappa shape index (κ2) is 8.94. The average molecular weight is 486 g/mol. The number of amides is 3. The Labute approximate surface area is 203 Å². The fourth-order valence-electron chi connectivity index (χ4n) is 4.89. The minimum atomic E-state index is -2.97. The Morgan fingerprint density at radius 2 is 1.86 bits per heavy atom. The Kier molecular flexibility index (Phi) is 6.29. The summed E-state index contributed by atoms with van der Waals surface area (Å²) in [5.74, 6) is -0.593. The van der Waals surface area contributed by atoms with Crippen LogP contribution in [0.3, 0.4) is 0 Å². The third kappa shape index (κ3) is 4.72. The van der Waals surface area contributed by atoms with E-state index in [2.05, 4.69) is 10.1 Å². The van der Waals surface area contributed by atoms with Gasteiger partial charge >= 0.3 is 6.61 Å². The van der Waals surface area contributed by atoms with Gasteiger partial charge in [-0.15, -0.1) is 0 Å². The molecule has 4 rings (SSSR count). The Hall–Kier alpha value is -3.49. The minimum Gasteiger partial charge on any atom is -0.435 e. The average Bonchev–Trinajstić information content (AvgIpc) is 2.98. The highest BCUT2D eigenvalue weighted by atomic mass is 19.3. The van der Waals surface area contributed by atoms with Crippen LogP contribution in [0.15, 0.2) is 42.5 Å². The van der Waals surface area contributed by atoms with Crippen molar-refractivity contribution in [1.29, 1.82) is 0 Å². The van der Waals surface area contributed by atoms with Crippen molar-refractivity contribution < 1.29 is 27.9 Å². The second-order valence-electron chi connectivity index (χ2n) is 9.93. The number of nitrogens with zero attached hydrogens (tertiary/aromatic N) is 2. The van der Waals surface area contributed by atoms with Crippen molar-refractivity contribution in [2.45, 2.75) is 58.1 Å². The summed E-state index contributed by atoms with van der Waals surface area (Å²) in [4.78, 5) is 41.6. The molecule has 2 heterocycles. The number of carbonyl (C=O) groups excluding carboxylic acids is 3. The van der Waals surface area contributed by atoms with Crippen LogP contribution in [0.25, 0.3) is 0 Å². The summed E-state index contributed by atoms with van der Waals surface area (Å²) in [6.07, 6.45) is 1.55. The second-order valence-corrected chi connectivity index (χ2v) is 9.93. The Morgan fingerprint density at radius 3 is 2.54 bits per heavy atom. The normalized spacial score (nSPS) is 21.2. The van der Waals surface area contributed by atoms with E-state index in [4.69, 9.17) is 0 Å². The topological polar surface area (TPSA) is 79.0 Å². The van der Waals surface area contributed by atoms with Gasteiger partial charge < -0.3 is 15.0 Å². The molecule has 1 saturated heterocycles. The fourth-order valence-corrected chi connectivity index (χ4v) is 4.89. The van der Waals surface area contributed by atoms with Crippen LogP contribution in [0.2, 0.25) is 0 Å². The van der Waals surface area contributed by atoms with Gasteiger partial charge in [0.05, 0.1) is 22.3 Å². The first-order chi connectivity index (χ1) is 16.4. The number of rotatable bonds is 5. The molecule has 186 valence electrons. The molecule has 2 aromatic rings. The lowest BCUT2D eigenvalue weighted by atomic mass is 9.85. The number of likely N-dealkylation sites (tertiary alicyclic amines) is 1. The molecule has 9 heteroatoms. The van der Waals surface area contributed by atoms with Gasteiger partial charge in [0, 0.05) is 31.6 Å². The molecule has 0 radical (unpaired) electrons. The SMILES string of the molecule is CC(=O)N1CCC[C@@](C)(NC(=O)c2ccc3c(c2)C(C)(C)C(=O)N3c2cccc(OC(F)F)c2)C1. The van der Waals surface area contributed by atoms with E-state index in [1.807, 2.05) is 6.92 Å². The number of carbonyl (C=O) groups is 3. The molecule has 2 aliphatic rings. The zero-order valence-electron chi connectivity index (χ0n) is 20.2. The third-order valence-electron chi connectivity index (χ3n) is 6.77. The first kappa shape index (κ1) is 24.6. The molecule has 7 nitrogen and oxygen atoms in total. The molecular weight excluding hydrogens is 456 g/mol. The lowest BCUT2D eigenvalue weighted by Gasteiger charge is -2.40. The van der Waals surface area contributed by atoms with Crippen molar-refractivity contribution in [3.05, 3.63) is 53.6 Å². The molecule has 0 bridgehead atoms. The summed E-state index contributed by atoms with van der Waals surface area (Å²) in [7, 11) is 0. The molecular formula is C26H29F2N3O4. The maximum absolute atomic E-state index is 13.4. The maximum atomic E-state index is 13.4. The number of fused-ring (bicyclic) bond motifs is 1. The molecule has 1 atom stereocenters. The fraction of sp³-hybridized carbons (Fsp3) is 0.423. The van der Waals surface area contributed by atoms with Gasteiger partial charge in [-0.2, -0.15) is 8.78 Å². The molecule has 2 aromatic carbocycles. The summed E-state index contributed by atoms with van der Waals surface area (Å²) in [5.41, 5.74) is 0.555. The Balaban J connectivity index is 1.63. The molecule has 0 unspecified atom stereocenters. The van der Waals surface area contributed by atoms with Crippen LogP contribution in [0.5, 0.6) is 5.75 Å². The van der Waals surface area contributed by atoms with Gasteiger partial charge in [-0.3, -0.25) is 19.3 Å². The standard InChI is InChI=1S/C26H29F2N3O4/c1-16(32)30-12-6-11-26(4,15-30)29-22(33)17-9-10-21-20(13-17)25(2,3)23(34)31(21)18-7-5-8-19(14-18)35-24(27)28/h5,7-10,13-14,24H,6,11-12,15H2,1-4H3,(H,29,33)/t26-/m1/s1. The highest BCUT2D eigenvalue weighted by Gasteiger charge is 2.45. The smallest absolute Gasteiger partial charge is 0.387 e. The molecule has 2 aliphatic heterocycles. The number of hydrogen-bond acceptors (Lipinski definition) is 4. The zero-order chi connectivity index (χ0) is 25.5. The molecule has 0 aromatic heterocycles. The van der Waals surface area contributed by atoms with Gasteiger partial charge in [0.1, 0.15) is 5.75 Å². The van der Waals surface area contributed by atoms with Crippen LogP contribution >= 0.6 is 0 Å². The third-order valence-corrected chi connectivity index (χ3v) is 6.77. The van der Waals surface area contributed by atoms with Crippen LogP contribution in [-0.4, -0.2) is 47.9 Å². The van der Waals surface area contributed by atoms with Crippen molar-refractivity contribution >= 4 is 29.1 Å². The van der Waals surface area contributed by atoms with E-state index in [1.54, 1.807) is 49.1 Å². The molecule has 0 saturated carbocycles. The number of piperidine rings is 1. The summed E-state index contributed by atoms with van der Waals surface area (Å²) < 4.78 is 29.9. The van der Waals surface area contributed by atoms with Gasteiger partial charge in [-0.1, -0.05) is 6.07 Å². The number of anilines is 2. The first-order valence-corrected chi connectivity index (χ1v) is 11.5. The zero-order valence-corrected chi connectivity index (χ0v) is 20.2. The van der Waals surface area contributed by atoms with Crippen LogP contribution in [-0.2, 0) is 15.0 Å². The van der Waals surface area contributed by atoms with E-state index >= 15 is 0 Å². The van der Waals surface area contributed by atoms with E-state index in [9.17, 15) is 23.2 Å². The number of benzene rings is 2. The van der Waals surface area contributed by atoms with Crippen molar-refractivity contribution in [3.8, 4) is 5.75 Å². The van der Waals surface area contributed by atoms with E-state index in [0.717, 1.165) is 12.8 Å². The van der Waals surface area contributed by atoms with Crippen LogP contribution in [0.4, 0.5) is 20.2 Å². The van der Waals surface area contributed by atoms with Crippen LogP contribution in [0.1, 0.15) is 56.5 Å². The molecule has 0 spiro atoms. The maximum Gasteiger partial charge on any atom is 0.387 e. The minimum absolute atomic E-state index is 0.0222. The van der Waals surface area contributed by atoms with E-state index in [-0.39, 0.29) is 23.5 Å². The van der Waals surface area contributed by atoms with Crippen molar-refractivity contribution in [3.63, 3.8) is 0 Å². The van der Waals surface area contributed by atoms with Gasteiger partial charge in [0.25, 0.3) is 5.91 Å². The predicted octanol–water partition coefficient (Wildman–Crippen LogP) is 4.37. The van der Waals surface area contributed by atoms with Gasteiger partial charge in [-0.05, 0) is 69.5 Å². The number of hydrogen-bond donors (Lipinski definition) is 1. The summed E-state index contributed by atoms with van der Waals surface area (Å²) in [6, 6.07) is 11.0. The highest BCUT2D eigenvalue weighted by Crippen LogP contribution is 2.46. The molecule has 35 heavy (non-hydrogen) atoms. The molecule has 1 N–H and O–H groups in total. The lowest BCUT2D eigenvalue weighted by molar-refractivity contribution is -0.131. The van der Waals surface area contributed by atoms with Crippen molar-refractivity contribution in [2.75, 3.05) is 18.0 Å². The number of halogens is 2. The van der Waals surface area contributed by atoms with Gasteiger partial charge in [-0.25, -0.2) is 0 Å². The van der Waals surface area contributed by atoms with Crippen molar-refractivity contribution in [2.24, 2.45) is 0 Å². The Morgan fingerprint density at radius 1 is 1.11 bits per heavy atom. The summed E-state index contributed by atoms with van der Waals surface area (Å²) >= 11 is 0. The van der Waals surface area contributed by atoms with E-state index in [0.29, 0.717) is 35.6 Å². The number of ether oxygens (including phenoxy) is 1. The van der Waals surface area contributed by atoms with E-state index < -0.39 is 17.6 Å². The monoisotopic (exact) mass is 485 g/mol. The lowest BCUT2D eigenvalue weighted by Crippen LogP contribution is -2.57. The highest BCUT2D eigenvalue weighted by molar-refractivity contribution is 6.13. The van der Waals surface area contributed by atoms with Crippen molar-refractivity contribution in [1.82, 2.24) is 10.2 Å². The Bertz CT molecular complexity index is 1180. The first-order valence-electron chi connectivity index (χ1n) is 11.5.